The zero-order valence-electron chi connectivity index (χ0n) is 15.4. The van der Waals surface area contributed by atoms with Crippen LogP contribution < -0.4 is 10.1 Å². The van der Waals surface area contributed by atoms with Crippen LogP contribution in [0.5, 0.6) is 5.75 Å². The van der Waals surface area contributed by atoms with Crippen LogP contribution in [0.1, 0.15) is 23.2 Å². The molecule has 2 amide bonds. The van der Waals surface area contributed by atoms with Crippen LogP contribution in [0.15, 0.2) is 24.3 Å². The Balaban J connectivity index is 1.44. The summed E-state index contributed by atoms with van der Waals surface area (Å²) >= 11 is 1.80. The molecular weight excluding hydrogens is 364 g/mol. The smallest absolute Gasteiger partial charge is 0.230 e. The van der Waals surface area contributed by atoms with Gasteiger partial charge in [-0.15, -0.1) is 0 Å². The third kappa shape index (κ3) is 3.41. The molecule has 7 nitrogen and oxygen atoms in total. The van der Waals surface area contributed by atoms with Crippen LogP contribution in [0.25, 0.3) is 0 Å². The molecular formula is C19H22N4O3S. The van der Waals surface area contributed by atoms with Gasteiger partial charge in [0, 0.05) is 49.2 Å². The lowest BCUT2D eigenvalue weighted by Gasteiger charge is -2.18. The van der Waals surface area contributed by atoms with Crippen LogP contribution in [-0.4, -0.2) is 40.1 Å². The number of benzene rings is 1. The van der Waals surface area contributed by atoms with Gasteiger partial charge in [0.25, 0.3) is 0 Å². The average molecular weight is 386 g/mol. The lowest BCUT2D eigenvalue weighted by molar-refractivity contribution is -0.128. The number of hydrogen-bond donors (Lipinski definition) is 1. The summed E-state index contributed by atoms with van der Waals surface area (Å²) in [5, 5.41) is 7.47. The van der Waals surface area contributed by atoms with E-state index in [9.17, 15) is 9.59 Å². The second kappa shape index (κ2) is 7.26. The summed E-state index contributed by atoms with van der Waals surface area (Å²) in [5.74, 6) is 2.78. The number of likely N-dealkylation sites (tertiary alicyclic amines) is 1. The van der Waals surface area contributed by atoms with Crippen molar-refractivity contribution in [3.05, 3.63) is 41.1 Å². The van der Waals surface area contributed by atoms with Crippen molar-refractivity contribution < 1.29 is 14.3 Å². The Morgan fingerprint density at radius 3 is 3.00 bits per heavy atom. The van der Waals surface area contributed by atoms with E-state index in [-0.39, 0.29) is 24.2 Å². The van der Waals surface area contributed by atoms with Crippen molar-refractivity contribution in [2.75, 3.05) is 19.0 Å². The first-order valence-corrected chi connectivity index (χ1v) is 10.0. The lowest BCUT2D eigenvalue weighted by Crippen LogP contribution is -2.28. The minimum absolute atomic E-state index is 0.00755. The molecule has 0 spiro atoms. The first-order chi connectivity index (χ1) is 13.1. The van der Waals surface area contributed by atoms with Gasteiger partial charge < -0.3 is 15.0 Å². The highest BCUT2D eigenvalue weighted by Crippen LogP contribution is 2.34. The predicted molar refractivity (Wildman–Crippen MR) is 103 cm³/mol. The molecule has 0 unspecified atom stereocenters. The second-order valence-corrected chi connectivity index (χ2v) is 7.85. The molecule has 1 aromatic carbocycles. The quantitative estimate of drug-likeness (QED) is 0.852. The van der Waals surface area contributed by atoms with E-state index in [1.54, 1.807) is 28.5 Å². The van der Waals surface area contributed by atoms with Gasteiger partial charge in [0.15, 0.2) is 0 Å². The normalized spacial score (nSPS) is 18.7. The number of para-hydroxylation sites is 1. The predicted octanol–water partition coefficient (Wildman–Crippen LogP) is 2.16. The maximum atomic E-state index is 12.8. The van der Waals surface area contributed by atoms with Crippen molar-refractivity contribution in [2.24, 2.45) is 13.0 Å². The number of amides is 2. The van der Waals surface area contributed by atoms with Crippen molar-refractivity contribution in [1.29, 1.82) is 0 Å². The highest BCUT2D eigenvalue weighted by atomic mass is 32.2. The van der Waals surface area contributed by atoms with Gasteiger partial charge in [-0.3, -0.25) is 14.3 Å². The van der Waals surface area contributed by atoms with Crippen LogP contribution in [0.4, 0.5) is 5.82 Å². The second-order valence-electron chi connectivity index (χ2n) is 6.87. The SMILES string of the molecule is COc1ccccc1CN1C[C@H](C(=O)Nc2c3c(nn2C)CSC3)CC1=O. The minimum Gasteiger partial charge on any atom is -0.496 e. The monoisotopic (exact) mass is 386 g/mol. The number of fused-ring (bicyclic) bond motifs is 1. The van der Waals surface area contributed by atoms with Crippen LogP contribution in [0.3, 0.4) is 0 Å². The molecule has 2 aromatic rings. The van der Waals surface area contributed by atoms with Crippen LogP contribution >= 0.6 is 11.8 Å². The summed E-state index contributed by atoms with van der Waals surface area (Å²) in [6.45, 7) is 0.863. The van der Waals surface area contributed by atoms with E-state index >= 15 is 0 Å². The number of methoxy groups -OCH3 is 1. The summed E-state index contributed by atoms with van der Waals surface area (Å²) in [4.78, 5) is 26.9. The van der Waals surface area contributed by atoms with Crippen LogP contribution in [-0.2, 0) is 34.7 Å². The molecule has 0 saturated carbocycles. The molecule has 27 heavy (non-hydrogen) atoms. The summed E-state index contributed by atoms with van der Waals surface area (Å²) in [7, 11) is 3.46. The third-order valence-corrected chi connectivity index (χ3v) is 6.06. The summed E-state index contributed by atoms with van der Waals surface area (Å²) < 4.78 is 7.09. The third-order valence-electron chi connectivity index (χ3n) is 5.09. The molecule has 1 atom stereocenters. The number of carbonyl (C=O) groups excluding carboxylic acids is 2. The maximum absolute atomic E-state index is 12.8. The van der Waals surface area contributed by atoms with Crippen molar-refractivity contribution in [2.45, 2.75) is 24.5 Å². The van der Waals surface area contributed by atoms with Gasteiger partial charge in [-0.2, -0.15) is 16.9 Å². The summed E-state index contributed by atoms with van der Waals surface area (Å²) in [5.41, 5.74) is 3.08. The summed E-state index contributed by atoms with van der Waals surface area (Å²) in [6.07, 6.45) is 0.232. The number of ether oxygens (including phenoxy) is 1. The first kappa shape index (κ1) is 17.9. The van der Waals surface area contributed by atoms with Gasteiger partial charge in [-0.1, -0.05) is 18.2 Å². The minimum atomic E-state index is -0.355. The number of rotatable bonds is 5. The Labute approximate surface area is 162 Å². The Morgan fingerprint density at radius 2 is 2.19 bits per heavy atom. The van der Waals surface area contributed by atoms with Crippen molar-refractivity contribution in [1.82, 2.24) is 14.7 Å². The highest BCUT2D eigenvalue weighted by molar-refractivity contribution is 7.98. The van der Waals surface area contributed by atoms with Gasteiger partial charge in [-0.05, 0) is 6.07 Å². The maximum Gasteiger partial charge on any atom is 0.230 e. The van der Waals surface area contributed by atoms with E-state index in [2.05, 4.69) is 10.4 Å². The Morgan fingerprint density at radius 1 is 1.37 bits per heavy atom. The van der Waals surface area contributed by atoms with E-state index in [0.29, 0.717) is 13.1 Å². The Kier molecular flexibility index (Phi) is 4.82. The van der Waals surface area contributed by atoms with Crippen molar-refractivity contribution in [3.63, 3.8) is 0 Å². The molecule has 2 aliphatic heterocycles. The van der Waals surface area contributed by atoms with Crippen molar-refractivity contribution >= 4 is 29.4 Å². The number of anilines is 1. The van der Waals surface area contributed by atoms with Crippen LogP contribution in [0, 0.1) is 5.92 Å². The fourth-order valence-corrected chi connectivity index (χ4v) is 4.69. The average Bonchev–Trinajstić information content (AvgIpc) is 3.33. The molecule has 1 fully saturated rings. The molecule has 1 aromatic heterocycles. The number of thioether (sulfide) groups is 1. The van der Waals surface area contributed by atoms with Crippen LogP contribution in [0.2, 0.25) is 0 Å². The molecule has 0 bridgehead atoms. The number of aromatic nitrogens is 2. The number of nitrogens with one attached hydrogen (secondary N) is 1. The molecule has 4 rings (SSSR count). The highest BCUT2D eigenvalue weighted by Gasteiger charge is 2.35. The van der Waals surface area contributed by atoms with E-state index in [1.165, 1.54) is 0 Å². The Hall–Kier alpha value is -2.48. The molecule has 3 heterocycles. The van der Waals surface area contributed by atoms with E-state index in [4.69, 9.17) is 4.74 Å². The molecule has 2 aliphatic rings. The Bertz CT molecular complexity index is 895. The topological polar surface area (TPSA) is 76.5 Å². The van der Waals surface area contributed by atoms with E-state index in [1.807, 2.05) is 31.3 Å². The van der Waals surface area contributed by atoms with Gasteiger partial charge in [-0.25, -0.2) is 0 Å². The standard InChI is InChI=1S/C19H22N4O3S/c1-22-18(14-10-27-11-15(14)21-22)20-19(25)13-7-17(24)23(9-13)8-12-5-3-4-6-16(12)26-2/h3-6,13H,7-11H2,1-2H3,(H,20,25)/t13-/m1/s1. The zero-order chi connectivity index (χ0) is 19.0. The van der Waals surface area contributed by atoms with E-state index in [0.717, 1.165) is 39.9 Å². The fraction of sp³-hybridized carbons (Fsp3) is 0.421. The van der Waals surface area contributed by atoms with Gasteiger partial charge in [0.05, 0.1) is 18.7 Å². The lowest BCUT2D eigenvalue weighted by atomic mass is 10.1. The number of aryl methyl sites for hydroxylation is 1. The van der Waals surface area contributed by atoms with Gasteiger partial charge in [0.1, 0.15) is 11.6 Å². The number of nitrogens with zero attached hydrogens (tertiary/aromatic N) is 3. The number of carbonyl (C=O) groups is 2. The zero-order valence-corrected chi connectivity index (χ0v) is 16.2. The molecule has 1 N–H and O–H groups in total. The molecule has 0 radical (unpaired) electrons. The number of hydrogen-bond acceptors (Lipinski definition) is 5. The molecule has 0 aliphatic carbocycles. The first-order valence-electron chi connectivity index (χ1n) is 8.90. The van der Waals surface area contributed by atoms with Crippen molar-refractivity contribution in [3.8, 4) is 5.75 Å². The molecule has 142 valence electrons. The largest absolute Gasteiger partial charge is 0.496 e. The fourth-order valence-electron chi connectivity index (χ4n) is 3.66. The van der Waals surface area contributed by atoms with Gasteiger partial charge >= 0.3 is 0 Å². The van der Waals surface area contributed by atoms with Gasteiger partial charge in [0.2, 0.25) is 11.8 Å². The van der Waals surface area contributed by atoms with E-state index < -0.39 is 0 Å². The summed E-state index contributed by atoms with van der Waals surface area (Å²) in [6, 6.07) is 7.63. The molecule has 1 saturated heterocycles. The molecule has 8 heteroatoms.